The van der Waals surface area contributed by atoms with Crippen molar-refractivity contribution in [2.75, 3.05) is 18.0 Å². The summed E-state index contributed by atoms with van der Waals surface area (Å²) in [4.78, 5) is 6.37. The van der Waals surface area contributed by atoms with E-state index in [0.717, 1.165) is 41.0 Å². The summed E-state index contributed by atoms with van der Waals surface area (Å²) in [5, 5.41) is 10.8. The Morgan fingerprint density at radius 1 is 1.32 bits per heavy atom. The lowest BCUT2D eigenvalue weighted by molar-refractivity contribution is 0.223. The van der Waals surface area contributed by atoms with Crippen molar-refractivity contribution >= 4 is 16.5 Å². The molecule has 0 bridgehead atoms. The number of nitrogens with zero attached hydrogens (tertiary/aromatic N) is 4. The molecular weight excluding hydrogens is 296 g/mol. The first-order valence-corrected chi connectivity index (χ1v) is 8.41. The fraction of sp³-hybridized carbons (Fsp3) is 0.562. The molecule has 1 saturated heterocycles. The molecule has 3 heterocycles. The summed E-state index contributed by atoms with van der Waals surface area (Å²) in [6.07, 6.45) is 4.81. The van der Waals surface area contributed by atoms with Crippen LogP contribution in [0.25, 0.3) is 0 Å². The summed E-state index contributed by atoms with van der Waals surface area (Å²) in [6.45, 7) is 10.3. The average Bonchev–Trinajstić information content (AvgIpc) is 3.09. The molecule has 1 unspecified atom stereocenters. The molecule has 0 aliphatic carbocycles. The second-order valence-electron chi connectivity index (χ2n) is 6.76. The molecule has 22 heavy (non-hydrogen) atoms. The topological polar surface area (TPSA) is 51.1 Å². The summed E-state index contributed by atoms with van der Waals surface area (Å²) in [5.74, 6) is 0.925. The first-order valence-electron chi connectivity index (χ1n) is 7.59. The van der Waals surface area contributed by atoms with Gasteiger partial charge in [-0.3, -0.25) is 4.98 Å². The summed E-state index contributed by atoms with van der Waals surface area (Å²) in [7, 11) is 0. The molecule has 2 aromatic rings. The Bertz CT molecular complexity index is 650. The molecule has 2 aromatic heterocycles. The molecule has 0 saturated carbocycles. The highest BCUT2D eigenvalue weighted by atomic mass is 32.1. The van der Waals surface area contributed by atoms with Crippen LogP contribution in [-0.4, -0.2) is 34.4 Å². The van der Waals surface area contributed by atoms with Gasteiger partial charge in [-0.15, -0.1) is 10.2 Å². The zero-order chi connectivity index (χ0) is 15.7. The Morgan fingerprint density at radius 2 is 2.14 bits per heavy atom. The highest BCUT2D eigenvalue weighted by Crippen LogP contribution is 2.32. The third-order valence-corrected chi connectivity index (χ3v) is 5.14. The lowest BCUT2D eigenvalue weighted by Gasteiger charge is -2.17. The van der Waals surface area contributed by atoms with E-state index in [4.69, 9.17) is 4.74 Å². The highest BCUT2D eigenvalue weighted by molar-refractivity contribution is 7.15. The first kappa shape index (κ1) is 15.2. The molecule has 0 radical (unpaired) electrons. The molecule has 5 nitrogen and oxygen atoms in total. The van der Waals surface area contributed by atoms with Crippen LogP contribution in [0.4, 0.5) is 5.13 Å². The Morgan fingerprint density at radius 3 is 2.82 bits per heavy atom. The third kappa shape index (κ3) is 3.21. The highest BCUT2D eigenvalue weighted by Gasteiger charge is 2.28. The summed E-state index contributed by atoms with van der Waals surface area (Å²) < 4.78 is 6.11. The van der Waals surface area contributed by atoms with E-state index in [0.29, 0.717) is 0 Å². The van der Waals surface area contributed by atoms with Crippen molar-refractivity contribution in [3.63, 3.8) is 0 Å². The molecular formula is C16H22N4OS. The van der Waals surface area contributed by atoms with Gasteiger partial charge < -0.3 is 9.64 Å². The minimum Gasteiger partial charge on any atom is -0.488 e. The lowest BCUT2D eigenvalue weighted by atomic mass is 9.98. The van der Waals surface area contributed by atoms with Crippen LogP contribution in [-0.2, 0) is 5.41 Å². The molecule has 1 atom stereocenters. The predicted octanol–water partition coefficient (Wildman–Crippen LogP) is 3.20. The van der Waals surface area contributed by atoms with Crippen molar-refractivity contribution < 1.29 is 4.74 Å². The van der Waals surface area contributed by atoms with Gasteiger partial charge >= 0.3 is 0 Å². The van der Waals surface area contributed by atoms with Crippen LogP contribution < -0.4 is 9.64 Å². The van der Waals surface area contributed by atoms with Gasteiger partial charge in [-0.1, -0.05) is 32.1 Å². The minimum absolute atomic E-state index is 0.0553. The monoisotopic (exact) mass is 318 g/mol. The molecule has 1 aliphatic heterocycles. The molecule has 0 spiro atoms. The summed E-state index contributed by atoms with van der Waals surface area (Å²) in [5.41, 5.74) is 1.13. The molecule has 6 heteroatoms. The standard InChI is InChI=1S/C16H22N4OS/c1-11-9-17-7-5-13(11)21-12-6-8-20(10-12)15-19-18-14(22-15)16(2,3)4/h5,7,9,12H,6,8,10H2,1-4H3. The zero-order valence-corrected chi connectivity index (χ0v) is 14.4. The largest absolute Gasteiger partial charge is 0.488 e. The van der Waals surface area contributed by atoms with Gasteiger partial charge in [0.15, 0.2) is 0 Å². The van der Waals surface area contributed by atoms with Crippen LogP contribution in [0.15, 0.2) is 18.5 Å². The van der Waals surface area contributed by atoms with Crippen molar-refractivity contribution in [2.45, 2.75) is 45.6 Å². The van der Waals surface area contributed by atoms with Crippen molar-refractivity contribution in [3.05, 3.63) is 29.0 Å². The maximum Gasteiger partial charge on any atom is 0.208 e. The van der Waals surface area contributed by atoms with Gasteiger partial charge in [0.1, 0.15) is 16.9 Å². The van der Waals surface area contributed by atoms with Crippen LogP contribution in [0.3, 0.4) is 0 Å². The number of aromatic nitrogens is 3. The Labute approximate surface area is 135 Å². The van der Waals surface area contributed by atoms with Gasteiger partial charge in [-0.05, 0) is 13.0 Å². The molecule has 1 fully saturated rings. The van der Waals surface area contributed by atoms with Crippen LogP contribution >= 0.6 is 11.3 Å². The van der Waals surface area contributed by atoms with E-state index >= 15 is 0 Å². The molecule has 3 rings (SSSR count). The number of ether oxygens (including phenoxy) is 1. The van der Waals surface area contributed by atoms with Crippen LogP contribution in [0.1, 0.15) is 37.8 Å². The number of hydrogen-bond acceptors (Lipinski definition) is 6. The van der Waals surface area contributed by atoms with Gasteiger partial charge in [-0.2, -0.15) is 0 Å². The summed E-state index contributed by atoms with van der Waals surface area (Å²) in [6, 6.07) is 1.93. The number of anilines is 1. The summed E-state index contributed by atoms with van der Waals surface area (Å²) >= 11 is 1.69. The van der Waals surface area contributed by atoms with Crippen molar-refractivity contribution in [3.8, 4) is 5.75 Å². The van der Waals surface area contributed by atoms with Gasteiger partial charge in [0.2, 0.25) is 5.13 Å². The van der Waals surface area contributed by atoms with E-state index in [1.54, 1.807) is 17.5 Å². The number of pyridine rings is 1. The Hall–Kier alpha value is -1.69. The van der Waals surface area contributed by atoms with Crippen molar-refractivity contribution in [1.82, 2.24) is 15.2 Å². The number of aryl methyl sites for hydroxylation is 1. The van der Waals surface area contributed by atoms with E-state index < -0.39 is 0 Å². The van der Waals surface area contributed by atoms with E-state index in [-0.39, 0.29) is 11.5 Å². The van der Waals surface area contributed by atoms with Crippen LogP contribution in [0.5, 0.6) is 5.75 Å². The van der Waals surface area contributed by atoms with E-state index in [1.807, 2.05) is 19.2 Å². The number of rotatable bonds is 3. The van der Waals surface area contributed by atoms with E-state index in [9.17, 15) is 0 Å². The van der Waals surface area contributed by atoms with Crippen LogP contribution in [0, 0.1) is 6.92 Å². The molecule has 0 N–H and O–H groups in total. The fourth-order valence-electron chi connectivity index (χ4n) is 2.42. The van der Waals surface area contributed by atoms with E-state index in [2.05, 4.69) is 40.9 Å². The average molecular weight is 318 g/mol. The second-order valence-corrected chi connectivity index (χ2v) is 7.71. The van der Waals surface area contributed by atoms with Gasteiger partial charge in [0.05, 0.1) is 6.54 Å². The van der Waals surface area contributed by atoms with Crippen molar-refractivity contribution in [1.29, 1.82) is 0 Å². The second kappa shape index (κ2) is 5.83. The Kier molecular flexibility index (Phi) is 4.04. The minimum atomic E-state index is 0.0553. The van der Waals surface area contributed by atoms with Gasteiger partial charge in [0.25, 0.3) is 0 Å². The maximum absolute atomic E-state index is 6.11. The van der Waals surface area contributed by atoms with Gasteiger partial charge in [-0.25, -0.2) is 0 Å². The molecule has 0 amide bonds. The lowest BCUT2D eigenvalue weighted by Crippen LogP contribution is -2.24. The van der Waals surface area contributed by atoms with Crippen molar-refractivity contribution in [2.24, 2.45) is 0 Å². The zero-order valence-electron chi connectivity index (χ0n) is 13.5. The van der Waals surface area contributed by atoms with Gasteiger partial charge in [0, 0.05) is 36.3 Å². The molecule has 118 valence electrons. The van der Waals surface area contributed by atoms with Crippen LogP contribution in [0.2, 0.25) is 0 Å². The molecule has 1 aliphatic rings. The smallest absolute Gasteiger partial charge is 0.208 e. The maximum atomic E-state index is 6.11. The third-order valence-electron chi connectivity index (χ3n) is 3.73. The fourth-order valence-corrected chi connectivity index (χ4v) is 3.35. The Balaban J connectivity index is 1.65. The quantitative estimate of drug-likeness (QED) is 0.870. The van der Waals surface area contributed by atoms with E-state index in [1.165, 1.54) is 0 Å². The number of hydrogen-bond donors (Lipinski definition) is 0. The first-order chi connectivity index (χ1) is 10.4. The SMILES string of the molecule is Cc1cnccc1OC1CCN(c2nnc(C(C)(C)C)s2)C1. The predicted molar refractivity (Wildman–Crippen MR) is 88.8 cm³/mol. The molecule has 0 aromatic carbocycles. The normalized spacial score (nSPS) is 18.7.